The van der Waals surface area contributed by atoms with Crippen molar-refractivity contribution in [1.82, 2.24) is 15.5 Å². The molecule has 0 aliphatic rings. The summed E-state index contributed by atoms with van der Waals surface area (Å²) >= 11 is 0. The maximum atomic E-state index is 12.2. The quantitative estimate of drug-likeness (QED) is 0.472. The van der Waals surface area contributed by atoms with Gasteiger partial charge in [-0.3, -0.25) is 14.7 Å². The van der Waals surface area contributed by atoms with Gasteiger partial charge < -0.3 is 14.8 Å². The lowest BCUT2D eigenvalue weighted by Crippen LogP contribution is -2.27. The molecule has 1 amide bonds. The van der Waals surface area contributed by atoms with Crippen molar-refractivity contribution in [2.75, 3.05) is 19.8 Å². The normalized spacial score (nSPS) is 10.6. The minimum atomic E-state index is -0.393. The van der Waals surface area contributed by atoms with E-state index in [2.05, 4.69) is 15.5 Å². The van der Waals surface area contributed by atoms with Gasteiger partial charge in [-0.1, -0.05) is 36.4 Å². The van der Waals surface area contributed by atoms with Crippen LogP contribution in [-0.2, 0) is 9.53 Å². The monoisotopic (exact) mass is 367 g/mol. The number of nitrogens with one attached hydrogen (secondary N) is 2. The predicted octanol–water partition coefficient (Wildman–Crippen LogP) is 2.61. The van der Waals surface area contributed by atoms with Crippen LogP contribution in [0.25, 0.3) is 10.9 Å². The van der Waals surface area contributed by atoms with Crippen molar-refractivity contribution in [3.05, 3.63) is 59.8 Å². The molecular formula is C20H21N3O4. The van der Waals surface area contributed by atoms with E-state index in [1.807, 2.05) is 55.5 Å². The second kappa shape index (κ2) is 8.84. The van der Waals surface area contributed by atoms with Gasteiger partial charge in [-0.15, -0.1) is 0 Å². The first-order chi connectivity index (χ1) is 13.1. The van der Waals surface area contributed by atoms with E-state index in [0.29, 0.717) is 5.69 Å². The number of benzene rings is 2. The molecule has 0 unspecified atom stereocenters. The number of hydrogen-bond donors (Lipinski definition) is 2. The maximum Gasteiger partial charge on any atom is 0.307 e. The first-order valence-corrected chi connectivity index (χ1v) is 8.70. The largest absolute Gasteiger partial charge is 0.490 e. The van der Waals surface area contributed by atoms with Crippen LogP contribution < -0.4 is 10.1 Å². The van der Waals surface area contributed by atoms with Crippen LogP contribution in [0.15, 0.2) is 48.5 Å². The average Bonchev–Trinajstić information content (AvgIpc) is 3.11. The number of aryl methyl sites for hydroxylation is 1. The number of para-hydroxylation sites is 2. The average molecular weight is 367 g/mol. The Morgan fingerprint density at radius 1 is 1.07 bits per heavy atom. The van der Waals surface area contributed by atoms with Gasteiger partial charge in [-0.25, -0.2) is 0 Å². The summed E-state index contributed by atoms with van der Waals surface area (Å²) in [5.41, 5.74) is 2.12. The number of ether oxygens (including phenoxy) is 2. The molecule has 140 valence electrons. The first kappa shape index (κ1) is 18.4. The Kier molecular flexibility index (Phi) is 6.04. The first-order valence-electron chi connectivity index (χ1n) is 8.70. The molecule has 0 saturated carbocycles. The van der Waals surface area contributed by atoms with Gasteiger partial charge in [0.15, 0.2) is 5.69 Å². The molecule has 0 atom stereocenters. The lowest BCUT2D eigenvalue weighted by Gasteiger charge is -2.09. The summed E-state index contributed by atoms with van der Waals surface area (Å²) in [5, 5.41) is 10.2. The van der Waals surface area contributed by atoms with Crippen molar-refractivity contribution < 1.29 is 19.1 Å². The Hall–Kier alpha value is -3.35. The third-order valence-electron chi connectivity index (χ3n) is 4.00. The van der Waals surface area contributed by atoms with E-state index in [4.69, 9.17) is 9.47 Å². The van der Waals surface area contributed by atoms with E-state index in [0.717, 1.165) is 22.2 Å². The zero-order valence-electron chi connectivity index (χ0n) is 15.0. The number of H-pyrrole nitrogens is 1. The van der Waals surface area contributed by atoms with E-state index in [-0.39, 0.29) is 32.1 Å². The summed E-state index contributed by atoms with van der Waals surface area (Å²) in [6.45, 7) is 2.57. The summed E-state index contributed by atoms with van der Waals surface area (Å²) in [6.07, 6.45) is 0.0818. The van der Waals surface area contributed by atoms with Crippen LogP contribution in [0.4, 0.5) is 0 Å². The van der Waals surface area contributed by atoms with Crippen molar-refractivity contribution in [3.8, 4) is 5.75 Å². The molecular weight excluding hydrogens is 346 g/mol. The van der Waals surface area contributed by atoms with Gasteiger partial charge in [0.05, 0.1) is 11.9 Å². The van der Waals surface area contributed by atoms with Gasteiger partial charge in [0.1, 0.15) is 19.0 Å². The van der Waals surface area contributed by atoms with Crippen molar-refractivity contribution in [1.29, 1.82) is 0 Å². The molecule has 0 aliphatic heterocycles. The SMILES string of the molecule is Cc1ccccc1OCCOC(=O)CCNC(=O)c1n[nH]c2ccccc12. The standard InChI is InChI=1S/C20H21N3O4/c1-14-6-2-5-9-17(14)26-12-13-27-18(24)10-11-21-20(25)19-15-7-3-4-8-16(15)22-23-19/h2-9H,10-13H2,1H3,(H,21,25)(H,22,23). The van der Waals surface area contributed by atoms with Crippen LogP contribution in [0.1, 0.15) is 22.5 Å². The molecule has 0 spiro atoms. The van der Waals surface area contributed by atoms with Crippen LogP contribution in [0.3, 0.4) is 0 Å². The fourth-order valence-corrected chi connectivity index (χ4v) is 2.60. The van der Waals surface area contributed by atoms with Gasteiger partial charge in [-0.05, 0) is 24.6 Å². The van der Waals surface area contributed by atoms with Crippen LogP contribution in [0, 0.1) is 6.92 Å². The van der Waals surface area contributed by atoms with Gasteiger partial charge in [0.2, 0.25) is 0 Å². The highest BCUT2D eigenvalue weighted by Gasteiger charge is 2.14. The molecule has 0 fully saturated rings. The highest BCUT2D eigenvalue weighted by molar-refractivity contribution is 6.04. The minimum Gasteiger partial charge on any atom is -0.490 e. The zero-order chi connectivity index (χ0) is 19.1. The Morgan fingerprint density at radius 3 is 2.70 bits per heavy atom. The lowest BCUT2D eigenvalue weighted by molar-refractivity contribution is -0.144. The number of rotatable bonds is 8. The van der Waals surface area contributed by atoms with Gasteiger partial charge in [0.25, 0.3) is 5.91 Å². The van der Waals surface area contributed by atoms with Crippen molar-refractivity contribution in [2.45, 2.75) is 13.3 Å². The van der Waals surface area contributed by atoms with E-state index in [1.165, 1.54) is 0 Å². The lowest BCUT2D eigenvalue weighted by atomic mass is 10.2. The van der Waals surface area contributed by atoms with Crippen LogP contribution >= 0.6 is 0 Å². The molecule has 2 N–H and O–H groups in total. The van der Waals surface area contributed by atoms with E-state index in [1.54, 1.807) is 0 Å². The predicted molar refractivity (Wildman–Crippen MR) is 101 cm³/mol. The van der Waals surface area contributed by atoms with E-state index < -0.39 is 5.97 Å². The fourth-order valence-electron chi connectivity index (χ4n) is 2.60. The second-order valence-electron chi connectivity index (χ2n) is 5.96. The zero-order valence-corrected chi connectivity index (χ0v) is 15.0. The molecule has 7 nitrogen and oxygen atoms in total. The molecule has 0 bridgehead atoms. The third-order valence-corrected chi connectivity index (χ3v) is 4.00. The molecule has 0 aliphatic carbocycles. The van der Waals surface area contributed by atoms with Gasteiger partial charge in [-0.2, -0.15) is 5.10 Å². The van der Waals surface area contributed by atoms with Crippen LogP contribution in [0.2, 0.25) is 0 Å². The van der Waals surface area contributed by atoms with Crippen molar-refractivity contribution >= 4 is 22.8 Å². The summed E-state index contributed by atoms with van der Waals surface area (Å²) < 4.78 is 10.7. The third kappa shape index (κ3) is 4.84. The minimum absolute atomic E-state index is 0.0818. The Balaban J connectivity index is 1.36. The topological polar surface area (TPSA) is 93.3 Å². The highest BCUT2D eigenvalue weighted by Crippen LogP contribution is 2.16. The maximum absolute atomic E-state index is 12.2. The van der Waals surface area contributed by atoms with E-state index in [9.17, 15) is 9.59 Å². The second-order valence-corrected chi connectivity index (χ2v) is 5.96. The van der Waals surface area contributed by atoms with Gasteiger partial charge in [0, 0.05) is 11.9 Å². The number of carbonyl (C=O) groups excluding carboxylic acids is 2. The molecule has 0 radical (unpaired) electrons. The molecule has 27 heavy (non-hydrogen) atoms. The Bertz CT molecular complexity index is 936. The number of hydrogen-bond acceptors (Lipinski definition) is 5. The number of aromatic nitrogens is 2. The highest BCUT2D eigenvalue weighted by atomic mass is 16.6. The Labute approximate surface area is 156 Å². The molecule has 3 aromatic rings. The summed E-state index contributed by atoms with van der Waals surface area (Å²) in [5.74, 6) is 0.0470. The summed E-state index contributed by atoms with van der Waals surface area (Å²) in [6, 6.07) is 15.0. The fraction of sp³-hybridized carbons (Fsp3) is 0.250. The van der Waals surface area contributed by atoms with E-state index >= 15 is 0 Å². The Morgan fingerprint density at radius 2 is 1.85 bits per heavy atom. The number of fused-ring (bicyclic) bond motifs is 1. The number of amides is 1. The van der Waals surface area contributed by atoms with Crippen LogP contribution in [0.5, 0.6) is 5.75 Å². The van der Waals surface area contributed by atoms with Crippen molar-refractivity contribution in [3.63, 3.8) is 0 Å². The molecule has 1 aromatic heterocycles. The molecule has 0 saturated heterocycles. The van der Waals surface area contributed by atoms with Gasteiger partial charge >= 0.3 is 5.97 Å². The summed E-state index contributed by atoms with van der Waals surface area (Å²) in [4.78, 5) is 23.9. The molecule has 1 heterocycles. The van der Waals surface area contributed by atoms with Crippen molar-refractivity contribution in [2.24, 2.45) is 0 Å². The molecule has 2 aromatic carbocycles. The number of carbonyl (C=O) groups is 2. The summed E-state index contributed by atoms with van der Waals surface area (Å²) in [7, 11) is 0. The molecule has 3 rings (SSSR count). The number of esters is 1. The number of aromatic amines is 1. The van der Waals surface area contributed by atoms with Crippen LogP contribution in [-0.4, -0.2) is 41.8 Å². The number of nitrogens with zero attached hydrogens (tertiary/aromatic N) is 1. The smallest absolute Gasteiger partial charge is 0.307 e. The molecule has 7 heteroatoms.